The molecule has 2 amide bonds. The van der Waals surface area contributed by atoms with Gasteiger partial charge in [-0.15, -0.1) is 0 Å². The Morgan fingerprint density at radius 1 is 1.07 bits per heavy atom. The van der Waals surface area contributed by atoms with Crippen molar-refractivity contribution in [3.63, 3.8) is 0 Å². The molecule has 0 aliphatic rings. The third-order valence-electron chi connectivity index (χ3n) is 4.51. The van der Waals surface area contributed by atoms with Crippen LogP contribution in [0.15, 0.2) is 18.2 Å². The molecule has 1 rings (SSSR count). The lowest BCUT2D eigenvalue weighted by Crippen LogP contribution is -2.37. The van der Waals surface area contributed by atoms with Gasteiger partial charge in [0.2, 0.25) is 11.8 Å². The Bertz CT molecular complexity index is 678. The molecule has 0 spiro atoms. The maximum atomic E-state index is 12.5. The summed E-state index contributed by atoms with van der Waals surface area (Å²) in [6.45, 7) is 4.62. The first-order chi connectivity index (χ1) is 13.3. The highest BCUT2D eigenvalue weighted by Crippen LogP contribution is 2.24. The fourth-order valence-electron chi connectivity index (χ4n) is 2.74. The molecule has 0 bridgehead atoms. The highest BCUT2D eigenvalue weighted by atomic mass is 16.3. The molecule has 0 saturated heterocycles. The Morgan fingerprint density at radius 3 is 2.39 bits per heavy atom. The summed E-state index contributed by atoms with van der Waals surface area (Å²) in [5, 5.41) is 24.2. The second-order valence-corrected chi connectivity index (χ2v) is 6.86. The van der Waals surface area contributed by atoms with E-state index in [4.69, 9.17) is 5.73 Å². The molecule has 1 aromatic rings. The first kappa shape index (κ1) is 23.4. The van der Waals surface area contributed by atoms with Gasteiger partial charge in [-0.2, -0.15) is 0 Å². The van der Waals surface area contributed by atoms with Crippen LogP contribution in [0.5, 0.6) is 11.5 Å². The number of benzene rings is 1. The number of nitrogens with two attached hydrogens (primary N) is 1. The average Bonchev–Trinajstić information content (AvgIpc) is 2.66. The minimum Gasteiger partial charge on any atom is -0.504 e. The van der Waals surface area contributed by atoms with E-state index in [9.17, 15) is 24.6 Å². The monoisotopic (exact) mass is 393 g/mol. The number of phenols is 2. The van der Waals surface area contributed by atoms with Crippen LogP contribution in [0.3, 0.4) is 0 Å². The van der Waals surface area contributed by atoms with Crippen molar-refractivity contribution in [2.45, 2.75) is 46.1 Å². The van der Waals surface area contributed by atoms with Gasteiger partial charge in [-0.3, -0.25) is 14.4 Å². The topological polar surface area (TPSA) is 142 Å². The SMILES string of the molecule is CCC(C(=O)CC(C)C(=O)NCCCCN)C(=O)NCc1ccc(O)c(O)c1. The molecule has 0 fully saturated rings. The van der Waals surface area contributed by atoms with Crippen molar-refractivity contribution < 1.29 is 24.6 Å². The molecule has 1 aromatic carbocycles. The second kappa shape index (κ2) is 12.0. The molecule has 2 unspecified atom stereocenters. The molecule has 0 radical (unpaired) electrons. The number of Topliss-reactive ketones (excluding diaryl/α,β-unsaturated/α-hetero) is 1. The maximum Gasteiger partial charge on any atom is 0.230 e. The van der Waals surface area contributed by atoms with Gasteiger partial charge in [-0.1, -0.05) is 19.9 Å². The van der Waals surface area contributed by atoms with Crippen molar-refractivity contribution in [1.29, 1.82) is 0 Å². The van der Waals surface area contributed by atoms with Crippen LogP contribution < -0.4 is 16.4 Å². The number of hydrogen-bond donors (Lipinski definition) is 5. The van der Waals surface area contributed by atoms with Gasteiger partial charge in [0.25, 0.3) is 0 Å². The smallest absolute Gasteiger partial charge is 0.230 e. The number of hydrogen-bond acceptors (Lipinski definition) is 6. The molecule has 0 aliphatic carbocycles. The zero-order valence-electron chi connectivity index (χ0n) is 16.5. The van der Waals surface area contributed by atoms with Gasteiger partial charge in [0.05, 0.1) is 5.92 Å². The van der Waals surface area contributed by atoms with Crippen LogP contribution in [0.2, 0.25) is 0 Å². The van der Waals surface area contributed by atoms with E-state index < -0.39 is 17.7 Å². The Hall–Kier alpha value is -2.61. The average molecular weight is 393 g/mol. The number of nitrogens with one attached hydrogen (secondary N) is 2. The van der Waals surface area contributed by atoms with E-state index in [0.29, 0.717) is 25.1 Å². The van der Waals surface area contributed by atoms with Gasteiger partial charge >= 0.3 is 0 Å². The van der Waals surface area contributed by atoms with Crippen LogP contribution in [0.1, 0.15) is 45.1 Å². The molecule has 6 N–H and O–H groups in total. The second-order valence-electron chi connectivity index (χ2n) is 6.86. The minimum absolute atomic E-state index is 0.00531. The van der Waals surface area contributed by atoms with Gasteiger partial charge in [0.1, 0.15) is 5.78 Å². The van der Waals surface area contributed by atoms with Gasteiger partial charge in [-0.05, 0) is 43.5 Å². The minimum atomic E-state index is -0.835. The van der Waals surface area contributed by atoms with E-state index in [1.807, 2.05) is 0 Å². The summed E-state index contributed by atoms with van der Waals surface area (Å²) in [5.41, 5.74) is 6.00. The van der Waals surface area contributed by atoms with Gasteiger partial charge in [0.15, 0.2) is 11.5 Å². The lowest BCUT2D eigenvalue weighted by molar-refractivity contribution is -0.137. The van der Waals surface area contributed by atoms with Crippen LogP contribution in [0.4, 0.5) is 0 Å². The van der Waals surface area contributed by atoms with Crippen molar-refractivity contribution in [1.82, 2.24) is 10.6 Å². The Morgan fingerprint density at radius 2 is 1.79 bits per heavy atom. The van der Waals surface area contributed by atoms with Crippen molar-refractivity contribution in [3.8, 4) is 11.5 Å². The number of rotatable bonds is 12. The van der Waals surface area contributed by atoms with Crippen LogP contribution in [0, 0.1) is 11.8 Å². The molecule has 28 heavy (non-hydrogen) atoms. The fraction of sp³-hybridized carbons (Fsp3) is 0.550. The molecule has 0 saturated carbocycles. The third kappa shape index (κ3) is 7.56. The molecule has 8 nitrogen and oxygen atoms in total. The van der Waals surface area contributed by atoms with Crippen molar-refractivity contribution >= 4 is 17.6 Å². The normalized spacial score (nSPS) is 12.8. The van der Waals surface area contributed by atoms with Crippen LogP contribution in [-0.4, -0.2) is 40.9 Å². The quantitative estimate of drug-likeness (QED) is 0.205. The molecular weight excluding hydrogens is 362 g/mol. The summed E-state index contributed by atoms with van der Waals surface area (Å²) in [4.78, 5) is 36.9. The zero-order chi connectivity index (χ0) is 21.1. The first-order valence-electron chi connectivity index (χ1n) is 9.59. The number of carbonyl (C=O) groups is 3. The summed E-state index contributed by atoms with van der Waals surface area (Å²) >= 11 is 0. The molecule has 0 aliphatic heterocycles. The summed E-state index contributed by atoms with van der Waals surface area (Å²) in [6, 6.07) is 4.23. The lowest BCUT2D eigenvalue weighted by atomic mass is 9.92. The number of phenolic OH excluding ortho intramolecular Hbond substituents is 2. The first-order valence-corrected chi connectivity index (χ1v) is 9.59. The van der Waals surface area contributed by atoms with Crippen molar-refractivity contribution in [2.24, 2.45) is 17.6 Å². The van der Waals surface area contributed by atoms with E-state index in [-0.39, 0.29) is 36.2 Å². The van der Waals surface area contributed by atoms with Gasteiger partial charge in [0, 0.05) is 25.4 Å². The Kier molecular flexibility index (Phi) is 10.0. The van der Waals surface area contributed by atoms with Crippen LogP contribution in [0.25, 0.3) is 0 Å². The summed E-state index contributed by atoms with van der Waals surface area (Å²) in [6.07, 6.45) is 1.94. The van der Waals surface area contributed by atoms with Crippen LogP contribution in [-0.2, 0) is 20.9 Å². The number of unbranched alkanes of at least 4 members (excludes halogenated alkanes) is 1. The Balaban J connectivity index is 2.52. The number of aromatic hydroxyl groups is 2. The van der Waals surface area contributed by atoms with E-state index >= 15 is 0 Å². The van der Waals surface area contributed by atoms with E-state index in [1.54, 1.807) is 19.9 Å². The zero-order valence-corrected chi connectivity index (χ0v) is 16.5. The number of carbonyl (C=O) groups excluding carboxylic acids is 3. The van der Waals surface area contributed by atoms with Gasteiger partial charge in [-0.25, -0.2) is 0 Å². The largest absolute Gasteiger partial charge is 0.504 e. The number of ketones is 1. The van der Waals surface area contributed by atoms with E-state index in [1.165, 1.54) is 12.1 Å². The maximum absolute atomic E-state index is 12.5. The van der Waals surface area contributed by atoms with Crippen LogP contribution >= 0.6 is 0 Å². The molecule has 0 heterocycles. The summed E-state index contributed by atoms with van der Waals surface area (Å²) in [5.74, 6) is -2.78. The summed E-state index contributed by atoms with van der Waals surface area (Å²) < 4.78 is 0. The molecule has 8 heteroatoms. The standard InChI is InChI=1S/C20H31N3O5/c1-3-15(17(25)10-13(2)19(27)22-9-5-4-8-21)20(28)23-12-14-6-7-16(24)18(26)11-14/h6-7,11,13,15,24,26H,3-5,8-10,12,21H2,1-2H3,(H,22,27)(H,23,28). The van der Waals surface area contributed by atoms with E-state index in [0.717, 1.165) is 12.8 Å². The molecule has 2 atom stereocenters. The van der Waals surface area contributed by atoms with Gasteiger partial charge < -0.3 is 26.6 Å². The number of amides is 2. The molecular formula is C20H31N3O5. The van der Waals surface area contributed by atoms with E-state index in [2.05, 4.69) is 10.6 Å². The third-order valence-corrected chi connectivity index (χ3v) is 4.51. The predicted molar refractivity (Wildman–Crippen MR) is 105 cm³/mol. The summed E-state index contributed by atoms with van der Waals surface area (Å²) in [7, 11) is 0. The fourth-order valence-corrected chi connectivity index (χ4v) is 2.74. The molecule has 156 valence electrons. The lowest BCUT2D eigenvalue weighted by Gasteiger charge is -2.17. The Labute approximate surface area is 165 Å². The highest BCUT2D eigenvalue weighted by Gasteiger charge is 2.27. The predicted octanol–water partition coefficient (Wildman–Crippen LogP) is 1.19. The van der Waals surface area contributed by atoms with Crippen molar-refractivity contribution in [2.75, 3.05) is 13.1 Å². The molecule has 0 aromatic heterocycles. The van der Waals surface area contributed by atoms with Crippen molar-refractivity contribution in [3.05, 3.63) is 23.8 Å². The highest BCUT2D eigenvalue weighted by molar-refractivity contribution is 6.02.